The van der Waals surface area contributed by atoms with Crippen molar-refractivity contribution in [3.63, 3.8) is 0 Å². The molecule has 0 bridgehead atoms. The van der Waals surface area contributed by atoms with Gasteiger partial charge in [0.1, 0.15) is 5.01 Å². The van der Waals surface area contributed by atoms with Crippen molar-refractivity contribution < 1.29 is 14.7 Å². The third kappa shape index (κ3) is 3.89. The fourth-order valence-corrected chi connectivity index (χ4v) is 2.32. The van der Waals surface area contributed by atoms with Gasteiger partial charge in [-0.3, -0.25) is 9.48 Å². The van der Waals surface area contributed by atoms with Crippen LogP contribution in [0.4, 0.5) is 0 Å². The smallest absolute Gasteiger partial charge is 0.355 e. The Morgan fingerprint density at radius 3 is 2.90 bits per heavy atom. The summed E-state index contributed by atoms with van der Waals surface area (Å²) < 4.78 is 1.69. The number of hydrogen-bond acceptors (Lipinski definition) is 5. The number of carbonyl (C=O) groups is 2. The normalized spacial score (nSPS) is 10.4. The molecule has 0 unspecified atom stereocenters. The SMILES string of the molecule is Cn1cc(CCC(=O)NCc2nc(C(=O)O)cs2)cn1. The monoisotopic (exact) mass is 294 g/mol. The lowest BCUT2D eigenvalue weighted by Crippen LogP contribution is -2.23. The van der Waals surface area contributed by atoms with Crippen molar-refractivity contribution >= 4 is 23.2 Å². The van der Waals surface area contributed by atoms with Crippen LogP contribution in [0.2, 0.25) is 0 Å². The Morgan fingerprint density at radius 2 is 2.30 bits per heavy atom. The lowest BCUT2D eigenvalue weighted by Gasteiger charge is -2.01. The molecule has 0 saturated carbocycles. The Bertz CT molecular complexity index is 620. The Kier molecular flexibility index (Phi) is 4.46. The summed E-state index contributed by atoms with van der Waals surface area (Å²) in [6, 6.07) is 0. The van der Waals surface area contributed by atoms with E-state index >= 15 is 0 Å². The molecule has 0 fully saturated rings. The van der Waals surface area contributed by atoms with E-state index in [1.165, 1.54) is 16.7 Å². The number of carboxylic acids is 1. The summed E-state index contributed by atoms with van der Waals surface area (Å²) in [6.45, 7) is 0.254. The number of aromatic nitrogens is 3. The first-order valence-corrected chi connectivity index (χ1v) is 6.84. The van der Waals surface area contributed by atoms with Crippen LogP contribution in [-0.4, -0.2) is 31.7 Å². The van der Waals surface area contributed by atoms with Gasteiger partial charge >= 0.3 is 5.97 Å². The summed E-state index contributed by atoms with van der Waals surface area (Å²) in [6.07, 6.45) is 4.58. The number of rotatable bonds is 6. The third-order valence-electron chi connectivity index (χ3n) is 2.61. The number of nitrogens with zero attached hydrogens (tertiary/aromatic N) is 3. The van der Waals surface area contributed by atoms with Gasteiger partial charge in [-0.2, -0.15) is 5.10 Å². The molecule has 0 radical (unpaired) electrons. The highest BCUT2D eigenvalue weighted by atomic mass is 32.1. The minimum atomic E-state index is -1.06. The molecule has 2 aromatic rings. The zero-order chi connectivity index (χ0) is 14.5. The molecule has 2 N–H and O–H groups in total. The van der Waals surface area contributed by atoms with Gasteiger partial charge in [0.05, 0.1) is 12.7 Å². The van der Waals surface area contributed by atoms with E-state index in [0.717, 1.165) is 5.56 Å². The van der Waals surface area contributed by atoms with E-state index < -0.39 is 5.97 Å². The van der Waals surface area contributed by atoms with Crippen molar-refractivity contribution in [1.29, 1.82) is 0 Å². The first kappa shape index (κ1) is 14.2. The highest BCUT2D eigenvalue weighted by Crippen LogP contribution is 2.09. The molecular formula is C12H14N4O3S. The van der Waals surface area contributed by atoms with E-state index in [-0.39, 0.29) is 18.1 Å². The van der Waals surface area contributed by atoms with Gasteiger partial charge in [0, 0.05) is 25.0 Å². The molecule has 2 heterocycles. The van der Waals surface area contributed by atoms with E-state index in [4.69, 9.17) is 5.11 Å². The molecule has 0 spiro atoms. The molecule has 0 saturated heterocycles. The molecule has 2 rings (SSSR count). The Labute approximate surface area is 119 Å². The van der Waals surface area contributed by atoms with Crippen molar-refractivity contribution in [3.05, 3.63) is 34.0 Å². The predicted molar refractivity (Wildman–Crippen MR) is 72.4 cm³/mol. The zero-order valence-electron chi connectivity index (χ0n) is 10.9. The molecule has 1 amide bonds. The van der Waals surface area contributed by atoms with E-state index in [0.29, 0.717) is 17.8 Å². The second-order valence-electron chi connectivity index (χ2n) is 4.23. The fraction of sp³-hybridized carbons (Fsp3) is 0.333. The van der Waals surface area contributed by atoms with Gasteiger partial charge in [0.25, 0.3) is 0 Å². The van der Waals surface area contributed by atoms with Gasteiger partial charge in [-0.05, 0) is 12.0 Å². The summed E-state index contributed by atoms with van der Waals surface area (Å²) in [4.78, 5) is 26.2. The van der Waals surface area contributed by atoms with Crippen LogP contribution in [0.25, 0.3) is 0 Å². The molecular weight excluding hydrogens is 280 g/mol. The van der Waals surface area contributed by atoms with E-state index in [9.17, 15) is 9.59 Å². The number of carbonyl (C=O) groups excluding carboxylic acids is 1. The van der Waals surface area contributed by atoms with Gasteiger partial charge in [0.2, 0.25) is 5.91 Å². The third-order valence-corrected chi connectivity index (χ3v) is 3.46. The Hall–Kier alpha value is -2.22. The molecule has 106 valence electrons. The summed E-state index contributed by atoms with van der Waals surface area (Å²) >= 11 is 1.22. The number of hydrogen-bond donors (Lipinski definition) is 2. The molecule has 8 heteroatoms. The van der Waals surface area contributed by atoms with Crippen LogP contribution in [0.15, 0.2) is 17.8 Å². The zero-order valence-corrected chi connectivity index (χ0v) is 11.7. The van der Waals surface area contributed by atoms with Crippen molar-refractivity contribution in [1.82, 2.24) is 20.1 Å². The summed E-state index contributed by atoms with van der Waals surface area (Å²) in [5.74, 6) is -1.16. The number of carboxylic acid groups (broad SMARTS) is 1. The van der Waals surface area contributed by atoms with Crippen LogP contribution in [-0.2, 0) is 24.8 Å². The average molecular weight is 294 g/mol. The minimum Gasteiger partial charge on any atom is -0.476 e. The van der Waals surface area contributed by atoms with Gasteiger partial charge in [-0.15, -0.1) is 11.3 Å². The Balaban J connectivity index is 1.75. The summed E-state index contributed by atoms with van der Waals surface area (Å²) in [5, 5.41) is 17.5. The van der Waals surface area contributed by atoms with Crippen LogP contribution < -0.4 is 5.32 Å². The molecule has 2 aromatic heterocycles. The van der Waals surface area contributed by atoms with Crippen LogP contribution in [0, 0.1) is 0 Å². The topological polar surface area (TPSA) is 97.1 Å². The molecule has 20 heavy (non-hydrogen) atoms. The van der Waals surface area contributed by atoms with E-state index in [1.807, 2.05) is 13.2 Å². The predicted octanol–water partition coefficient (Wildman–Crippen LogP) is 0.824. The molecule has 0 aliphatic heterocycles. The molecule has 0 aliphatic rings. The van der Waals surface area contributed by atoms with Crippen molar-refractivity contribution in [3.8, 4) is 0 Å². The number of aryl methyl sites for hydroxylation is 2. The number of thiazole rings is 1. The Morgan fingerprint density at radius 1 is 1.50 bits per heavy atom. The molecule has 0 atom stereocenters. The lowest BCUT2D eigenvalue weighted by molar-refractivity contribution is -0.121. The van der Waals surface area contributed by atoms with Crippen LogP contribution in [0.3, 0.4) is 0 Å². The van der Waals surface area contributed by atoms with Gasteiger partial charge in [0.15, 0.2) is 5.69 Å². The maximum Gasteiger partial charge on any atom is 0.355 e. The van der Waals surface area contributed by atoms with Crippen molar-refractivity contribution in [2.24, 2.45) is 7.05 Å². The number of nitrogens with one attached hydrogen (secondary N) is 1. The molecule has 7 nitrogen and oxygen atoms in total. The summed E-state index contributed by atoms with van der Waals surface area (Å²) in [5.41, 5.74) is 1.01. The van der Waals surface area contributed by atoms with Crippen LogP contribution in [0.1, 0.15) is 27.5 Å². The second-order valence-corrected chi connectivity index (χ2v) is 5.17. The van der Waals surface area contributed by atoms with E-state index in [2.05, 4.69) is 15.4 Å². The standard InChI is InChI=1S/C12H14N4O3S/c1-16-6-8(4-14-16)2-3-10(17)13-5-11-15-9(7-20-11)12(18)19/h4,6-7H,2-3,5H2,1H3,(H,13,17)(H,18,19). The fourth-order valence-electron chi connectivity index (χ4n) is 1.61. The molecule has 0 aromatic carbocycles. The van der Waals surface area contributed by atoms with E-state index in [1.54, 1.807) is 10.9 Å². The second kappa shape index (κ2) is 6.29. The minimum absolute atomic E-state index is 0.00890. The summed E-state index contributed by atoms with van der Waals surface area (Å²) in [7, 11) is 1.83. The lowest BCUT2D eigenvalue weighted by atomic mass is 10.2. The first-order chi connectivity index (χ1) is 9.54. The maximum absolute atomic E-state index is 11.7. The molecule has 0 aliphatic carbocycles. The highest BCUT2D eigenvalue weighted by Gasteiger charge is 2.09. The quantitative estimate of drug-likeness (QED) is 0.822. The highest BCUT2D eigenvalue weighted by molar-refractivity contribution is 7.09. The average Bonchev–Trinajstić information content (AvgIpc) is 3.03. The maximum atomic E-state index is 11.7. The van der Waals surface area contributed by atoms with Crippen LogP contribution in [0.5, 0.6) is 0 Å². The number of amides is 1. The van der Waals surface area contributed by atoms with Crippen molar-refractivity contribution in [2.75, 3.05) is 0 Å². The van der Waals surface area contributed by atoms with Gasteiger partial charge in [-0.25, -0.2) is 9.78 Å². The first-order valence-electron chi connectivity index (χ1n) is 5.96. The van der Waals surface area contributed by atoms with Crippen molar-refractivity contribution in [2.45, 2.75) is 19.4 Å². The number of aromatic carboxylic acids is 1. The van der Waals surface area contributed by atoms with Crippen LogP contribution >= 0.6 is 11.3 Å². The largest absolute Gasteiger partial charge is 0.476 e. The van der Waals surface area contributed by atoms with Gasteiger partial charge < -0.3 is 10.4 Å². The van der Waals surface area contributed by atoms with Gasteiger partial charge in [-0.1, -0.05) is 0 Å².